The van der Waals surface area contributed by atoms with Crippen molar-refractivity contribution in [2.75, 3.05) is 31.1 Å². The minimum atomic E-state index is -0.152. The van der Waals surface area contributed by atoms with Crippen molar-refractivity contribution in [3.05, 3.63) is 65.2 Å². The van der Waals surface area contributed by atoms with Gasteiger partial charge in [0.15, 0.2) is 0 Å². The van der Waals surface area contributed by atoms with E-state index >= 15 is 0 Å². The van der Waals surface area contributed by atoms with E-state index in [2.05, 4.69) is 5.32 Å². The van der Waals surface area contributed by atoms with E-state index in [9.17, 15) is 9.59 Å². The van der Waals surface area contributed by atoms with E-state index < -0.39 is 0 Å². The summed E-state index contributed by atoms with van der Waals surface area (Å²) in [7, 11) is 0. The lowest BCUT2D eigenvalue weighted by molar-refractivity contribution is -0.121. The lowest BCUT2D eigenvalue weighted by atomic mass is 10.1. The Morgan fingerprint density at radius 2 is 1.76 bits per heavy atom. The average Bonchev–Trinajstić information content (AvgIpc) is 2.97. The number of benzene rings is 2. The van der Waals surface area contributed by atoms with Crippen LogP contribution < -0.4 is 10.2 Å². The Hall–Kier alpha value is -2.53. The summed E-state index contributed by atoms with van der Waals surface area (Å²) >= 11 is 5.88. The van der Waals surface area contributed by atoms with Crippen molar-refractivity contribution in [3.63, 3.8) is 0 Å². The average molecular weight is 358 g/mol. The maximum atomic E-state index is 12.5. The fraction of sp³-hybridized carbons (Fsp3) is 0.263. The highest BCUT2D eigenvalue weighted by atomic mass is 35.5. The third kappa shape index (κ3) is 4.51. The van der Waals surface area contributed by atoms with Crippen molar-refractivity contribution in [2.24, 2.45) is 0 Å². The van der Waals surface area contributed by atoms with Crippen molar-refractivity contribution in [2.45, 2.75) is 6.42 Å². The van der Waals surface area contributed by atoms with Gasteiger partial charge in [0.1, 0.15) is 6.54 Å². The van der Waals surface area contributed by atoms with Crippen molar-refractivity contribution >= 4 is 29.2 Å². The van der Waals surface area contributed by atoms with E-state index in [1.807, 2.05) is 42.5 Å². The molecule has 25 heavy (non-hydrogen) atoms. The molecule has 5 nitrogen and oxygen atoms in total. The summed E-state index contributed by atoms with van der Waals surface area (Å²) in [6.07, 6.45) is 0.775. The Labute approximate surface area is 152 Å². The molecule has 0 radical (unpaired) electrons. The minimum absolute atomic E-state index is 0.0811. The Kier molecular flexibility index (Phi) is 5.56. The zero-order valence-corrected chi connectivity index (χ0v) is 14.6. The Morgan fingerprint density at radius 1 is 1.04 bits per heavy atom. The first-order valence-corrected chi connectivity index (χ1v) is 8.64. The Balaban J connectivity index is 1.47. The molecule has 130 valence electrons. The number of halogens is 1. The number of nitrogens with one attached hydrogen (secondary N) is 1. The number of hydrogen-bond donors (Lipinski definition) is 1. The van der Waals surface area contributed by atoms with Crippen LogP contribution in [0.4, 0.5) is 10.5 Å². The van der Waals surface area contributed by atoms with Crippen molar-refractivity contribution in [1.29, 1.82) is 0 Å². The van der Waals surface area contributed by atoms with Crippen LogP contribution in [0.5, 0.6) is 0 Å². The van der Waals surface area contributed by atoms with Gasteiger partial charge in [-0.2, -0.15) is 0 Å². The predicted octanol–water partition coefficient (Wildman–Crippen LogP) is 2.94. The van der Waals surface area contributed by atoms with Crippen molar-refractivity contribution in [3.8, 4) is 0 Å². The highest BCUT2D eigenvalue weighted by Gasteiger charge is 2.30. The smallest absolute Gasteiger partial charge is 0.325 e. The van der Waals surface area contributed by atoms with Crippen LogP contribution >= 0.6 is 11.6 Å². The Morgan fingerprint density at radius 3 is 2.48 bits per heavy atom. The molecule has 6 heteroatoms. The number of rotatable bonds is 6. The molecule has 1 heterocycles. The molecule has 0 aromatic heterocycles. The van der Waals surface area contributed by atoms with Crippen LogP contribution in [0.15, 0.2) is 54.6 Å². The zero-order chi connectivity index (χ0) is 17.6. The molecule has 2 aromatic carbocycles. The summed E-state index contributed by atoms with van der Waals surface area (Å²) in [5.41, 5.74) is 1.97. The lowest BCUT2D eigenvalue weighted by Crippen LogP contribution is -2.40. The molecule has 1 saturated heterocycles. The predicted molar refractivity (Wildman–Crippen MR) is 98.9 cm³/mol. The van der Waals surface area contributed by atoms with E-state index in [1.165, 1.54) is 5.56 Å². The van der Waals surface area contributed by atoms with E-state index in [0.29, 0.717) is 24.7 Å². The van der Waals surface area contributed by atoms with Crippen molar-refractivity contribution in [1.82, 2.24) is 10.2 Å². The molecule has 0 bridgehead atoms. The van der Waals surface area contributed by atoms with Crippen molar-refractivity contribution < 1.29 is 9.59 Å². The van der Waals surface area contributed by atoms with Gasteiger partial charge in [-0.05, 0) is 36.2 Å². The molecule has 3 rings (SSSR count). The summed E-state index contributed by atoms with van der Waals surface area (Å²) in [5, 5.41) is 3.50. The van der Waals surface area contributed by atoms with Gasteiger partial charge in [-0.15, -0.1) is 0 Å². The third-order valence-corrected chi connectivity index (χ3v) is 4.40. The summed E-state index contributed by atoms with van der Waals surface area (Å²) in [6, 6.07) is 16.9. The highest BCUT2D eigenvalue weighted by molar-refractivity contribution is 6.30. The van der Waals surface area contributed by atoms with Crippen LogP contribution in [0.25, 0.3) is 0 Å². The molecule has 3 amide bonds. The van der Waals surface area contributed by atoms with Crippen LogP contribution in [0, 0.1) is 0 Å². The molecule has 2 aromatic rings. The maximum absolute atomic E-state index is 12.5. The van der Waals surface area contributed by atoms with Crippen LogP contribution in [0.3, 0.4) is 0 Å². The minimum Gasteiger partial charge on any atom is -0.354 e. The number of carbonyl (C=O) groups excluding carboxylic acids is 2. The lowest BCUT2D eigenvalue weighted by Gasteiger charge is -2.18. The molecule has 0 saturated carbocycles. The molecular weight excluding hydrogens is 338 g/mol. The molecule has 0 aliphatic carbocycles. The van der Waals surface area contributed by atoms with Gasteiger partial charge in [-0.25, -0.2) is 4.79 Å². The van der Waals surface area contributed by atoms with E-state index in [4.69, 9.17) is 11.6 Å². The summed E-state index contributed by atoms with van der Waals surface area (Å²) in [6.45, 7) is 1.74. The first kappa shape index (κ1) is 17.3. The van der Waals surface area contributed by atoms with Crippen LogP contribution in [-0.2, 0) is 11.2 Å². The Bertz CT molecular complexity index is 734. The first-order chi connectivity index (χ1) is 12.1. The van der Waals surface area contributed by atoms with Gasteiger partial charge >= 0.3 is 6.03 Å². The number of nitrogens with zero attached hydrogens (tertiary/aromatic N) is 2. The van der Waals surface area contributed by atoms with Gasteiger partial charge in [-0.3, -0.25) is 9.69 Å². The van der Waals surface area contributed by atoms with E-state index in [0.717, 1.165) is 12.1 Å². The zero-order valence-electron chi connectivity index (χ0n) is 13.8. The maximum Gasteiger partial charge on any atom is 0.325 e. The molecule has 0 atom stereocenters. The SMILES string of the molecule is O=C(CN1CCN(c2ccc(Cl)cc2)C1=O)NCCc1ccccc1. The molecule has 1 aliphatic heterocycles. The van der Waals surface area contributed by atoms with Crippen LogP contribution in [0.2, 0.25) is 5.02 Å². The van der Waals surface area contributed by atoms with Gasteiger partial charge in [0.25, 0.3) is 0 Å². The molecule has 1 N–H and O–H groups in total. The molecule has 0 spiro atoms. The number of urea groups is 1. The van der Waals surface area contributed by atoms with Gasteiger partial charge in [-0.1, -0.05) is 41.9 Å². The fourth-order valence-corrected chi connectivity index (χ4v) is 2.94. The van der Waals surface area contributed by atoms with Gasteiger partial charge in [0, 0.05) is 30.3 Å². The second kappa shape index (κ2) is 8.03. The quantitative estimate of drug-likeness (QED) is 0.864. The van der Waals surface area contributed by atoms with Gasteiger partial charge in [0.05, 0.1) is 0 Å². The second-order valence-corrected chi connectivity index (χ2v) is 6.35. The standard InChI is InChI=1S/C19H20ClN3O2/c20-16-6-8-17(9-7-16)23-13-12-22(19(23)25)14-18(24)21-11-10-15-4-2-1-3-5-15/h1-9H,10-14H2,(H,21,24). The second-order valence-electron chi connectivity index (χ2n) is 5.92. The number of carbonyl (C=O) groups is 2. The monoisotopic (exact) mass is 357 g/mol. The molecule has 1 fully saturated rings. The first-order valence-electron chi connectivity index (χ1n) is 8.26. The molecule has 0 unspecified atom stereocenters. The summed E-state index contributed by atoms with van der Waals surface area (Å²) in [5.74, 6) is -0.137. The van der Waals surface area contributed by atoms with Crippen LogP contribution in [0.1, 0.15) is 5.56 Å². The van der Waals surface area contributed by atoms with Gasteiger partial charge < -0.3 is 10.2 Å². The summed E-state index contributed by atoms with van der Waals surface area (Å²) < 4.78 is 0. The van der Waals surface area contributed by atoms with E-state index in [1.54, 1.807) is 21.9 Å². The largest absolute Gasteiger partial charge is 0.354 e. The van der Waals surface area contributed by atoms with E-state index in [-0.39, 0.29) is 18.5 Å². The van der Waals surface area contributed by atoms with Gasteiger partial charge in [0.2, 0.25) is 5.91 Å². The number of anilines is 1. The number of amides is 3. The molecular formula is C19H20ClN3O2. The molecule has 1 aliphatic rings. The fourth-order valence-electron chi connectivity index (χ4n) is 2.81. The highest BCUT2D eigenvalue weighted by Crippen LogP contribution is 2.22. The third-order valence-electron chi connectivity index (χ3n) is 4.15. The van der Waals surface area contributed by atoms with Crippen LogP contribution in [-0.4, -0.2) is 43.0 Å². The number of hydrogen-bond acceptors (Lipinski definition) is 2. The summed E-state index contributed by atoms with van der Waals surface area (Å²) in [4.78, 5) is 27.8. The topological polar surface area (TPSA) is 52.7 Å². The normalized spacial score (nSPS) is 14.0.